The number of nitrogens with zero attached hydrogens (tertiary/aromatic N) is 1. The lowest BCUT2D eigenvalue weighted by Gasteiger charge is -2.34. The normalized spacial score (nSPS) is 24.0. The van der Waals surface area contributed by atoms with Crippen molar-refractivity contribution in [3.8, 4) is 0 Å². The molecule has 2 heterocycles. The molecule has 120 valence electrons. The zero-order valence-corrected chi connectivity index (χ0v) is 13.3. The molecular weight excluding hydrogens is 270 g/mol. The van der Waals surface area contributed by atoms with Gasteiger partial charge in [0.25, 0.3) is 0 Å². The molecule has 0 aromatic heterocycles. The summed E-state index contributed by atoms with van der Waals surface area (Å²) in [5.74, 6) is 0.254. The fourth-order valence-corrected chi connectivity index (χ4v) is 2.73. The van der Waals surface area contributed by atoms with Gasteiger partial charge in [-0.05, 0) is 46.6 Å². The molecule has 0 saturated carbocycles. The number of amides is 2. The number of rotatable bonds is 2. The van der Waals surface area contributed by atoms with Gasteiger partial charge in [-0.2, -0.15) is 0 Å². The molecule has 2 aliphatic rings. The summed E-state index contributed by atoms with van der Waals surface area (Å²) in [6, 6.07) is 0.178. The average Bonchev–Trinajstić information content (AvgIpc) is 2.91. The fourth-order valence-electron chi connectivity index (χ4n) is 2.73. The maximum absolute atomic E-state index is 12.1. The molecule has 1 atom stereocenters. The van der Waals surface area contributed by atoms with Crippen LogP contribution in [0.15, 0.2) is 0 Å². The van der Waals surface area contributed by atoms with Crippen LogP contribution in [0.2, 0.25) is 0 Å². The molecule has 1 unspecified atom stereocenters. The second kappa shape index (κ2) is 6.64. The van der Waals surface area contributed by atoms with Crippen molar-refractivity contribution < 1.29 is 14.3 Å². The maximum Gasteiger partial charge on any atom is 0.410 e. The number of hydrogen-bond acceptors (Lipinski definition) is 4. The summed E-state index contributed by atoms with van der Waals surface area (Å²) in [4.78, 5) is 25.7. The molecule has 2 N–H and O–H groups in total. The van der Waals surface area contributed by atoms with Gasteiger partial charge in [-0.15, -0.1) is 0 Å². The standard InChI is InChI=1S/C15H27N3O3/c1-15(2,3)21-14(20)18-8-5-12(6-9-18)17-13(19)11-4-7-16-10-11/h11-12,16H,4-10H2,1-3H3,(H,17,19). The van der Waals surface area contributed by atoms with Crippen molar-refractivity contribution in [2.24, 2.45) is 5.92 Å². The molecule has 2 saturated heterocycles. The first-order valence-electron chi connectivity index (χ1n) is 7.84. The summed E-state index contributed by atoms with van der Waals surface area (Å²) in [5, 5.41) is 6.31. The van der Waals surface area contributed by atoms with Crippen LogP contribution in [0.5, 0.6) is 0 Å². The van der Waals surface area contributed by atoms with Crippen molar-refractivity contribution in [2.75, 3.05) is 26.2 Å². The first-order chi connectivity index (χ1) is 9.85. The third-order valence-corrected chi connectivity index (χ3v) is 3.92. The number of ether oxygens (including phenoxy) is 1. The highest BCUT2D eigenvalue weighted by Gasteiger charge is 2.29. The lowest BCUT2D eigenvalue weighted by atomic mass is 10.0. The van der Waals surface area contributed by atoms with E-state index in [-0.39, 0.29) is 24.0 Å². The number of carbonyl (C=O) groups excluding carboxylic acids is 2. The Hall–Kier alpha value is -1.30. The topological polar surface area (TPSA) is 70.7 Å². The highest BCUT2D eigenvalue weighted by molar-refractivity contribution is 5.79. The monoisotopic (exact) mass is 297 g/mol. The van der Waals surface area contributed by atoms with Crippen LogP contribution in [-0.4, -0.2) is 54.7 Å². The second-order valence-electron chi connectivity index (χ2n) is 6.94. The first-order valence-corrected chi connectivity index (χ1v) is 7.84. The molecule has 0 aliphatic carbocycles. The lowest BCUT2D eigenvalue weighted by Crippen LogP contribution is -2.49. The molecule has 0 aromatic carbocycles. The number of carbonyl (C=O) groups is 2. The van der Waals surface area contributed by atoms with Gasteiger partial charge >= 0.3 is 6.09 Å². The number of piperidine rings is 1. The van der Waals surface area contributed by atoms with Gasteiger partial charge in [0.1, 0.15) is 5.60 Å². The molecule has 0 radical (unpaired) electrons. The van der Waals surface area contributed by atoms with E-state index in [1.807, 2.05) is 20.8 Å². The molecule has 6 heteroatoms. The van der Waals surface area contributed by atoms with Gasteiger partial charge in [0.15, 0.2) is 0 Å². The van der Waals surface area contributed by atoms with Crippen molar-refractivity contribution in [1.82, 2.24) is 15.5 Å². The van der Waals surface area contributed by atoms with E-state index in [1.54, 1.807) is 4.90 Å². The number of hydrogen-bond donors (Lipinski definition) is 2. The van der Waals surface area contributed by atoms with Crippen LogP contribution in [0.3, 0.4) is 0 Å². The zero-order chi connectivity index (χ0) is 15.5. The molecular formula is C15H27N3O3. The van der Waals surface area contributed by atoms with Crippen LogP contribution in [0.1, 0.15) is 40.0 Å². The minimum Gasteiger partial charge on any atom is -0.444 e. The first kappa shape index (κ1) is 16.1. The summed E-state index contributed by atoms with van der Waals surface area (Å²) < 4.78 is 5.37. The largest absolute Gasteiger partial charge is 0.444 e. The highest BCUT2D eigenvalue weighted by atomic mass is 16.6. The van der Waals surface area contributed by atoms with Gasteiger partial charge in [0.05, 0.1) is 5.92 Å². The van der Waals surface area contributed by atoms with Crippen molar-refractivity contribution in [3.63, 3.8) is 0 Å². The Morgan fingerprint density at radius 1 is 1.19 bits per heavy atom. The van der Waals surface area contributed by atoms with E-state index in [0.717, 1.165) is 32.4 Å². The van der Waals surface area contributed by atoms with Crippen LogP contribution < -0.4 is 10.6 Å². The molecule has 2 amide bonds. The Morgan fingerprint density at radius 2 is 1.86 bits per heavy atom. The van der Waals surface area contributed by atoms with Crippen LogP contribution >= 0.6 is 0 Å². The van der Waals surface area contributed by atoms with Gasteiger partial charge < -0.3 is 20.3 Å². The van der Waals surface area contributed by atoms with Crippen molar-refractivity contribution >= 4 is 12.0 Å². The summed E-state index contributed by atoms with van der Waals surface area (Å²) in [7, 11) is 0. The van der Waals surface area contributed by atoms with Crippen LogP contribution in [0, 0.1) is 5.92 Å². The van der Waals surface area contributed by atoms with Crippen LogP contribution in [-0.2, 0) is 9.53 Å². The number of likely N-dealkylation sites (tertiary alicyclic amines) is 1. The minimum atomic E-state index is -0.461. The Kier molecular flexibility index (Phi) is 5.08. The SMILES string of the molecule is CC(C)(C)OC(=O)N1CCC(NC(=O)C2CCNC2)CC1. The third-order valence-electron chi connectivity index (χ3n) is 3.92. The molecule has 2 aliphatic heterocycles. The number of nitrogens with one attached hydrogen (secondary N) is 2. The summed E-state index contributed by atoms with van der Waals surface area (Å²) >= 11 is 0. The van der Waals surface area contributed by atoms with Gasteiger partial charge in [-0.25, -0.2) is 4.79 Å². The molecule has 2 rings (SSSR count). The van der Waals surface area contributed by atoms with Gasteiger partial charge in [0, 0.05) is 25.7 Å². The van der Waals surface area contributed by atoms with E-state index < -0.39 is 5.60 Å². The van der Waals surface area contributed by atoms with E-state index in [0.29, 0.717) is 13.1 Å². The lowest BCUT2D eigenvalue weighted by molar-refractivity contribution is -0.125. The van der Waals surface area contributed by atoms with E-state index in [4.69, 9.17) is 4.74 Å². The Bertz CT molecular complexity index is 378. The molecule has 0 bridgehead atoms. The quantitative estimate of drug-likeness (QED) is 0.801. The van der Waals surface area contributed by atoms with Crippen molar-refractivity contribution in [1.29, 1.82) is 0 Å². The molecule has 0 aromatic rings. The summed E-state index contributed by atoms with van der Waals surface area (Å²) in [6.07, 6.45) is 2.26. The van der Waals surface area contributed by atoms with Gasteiger partial charge in [0.2, 0.25) is 5.91 Å². The summed E-state index contributed by atoms with van der Waals surface area (Å²) in [5.41, 5.74) is -0.461. The molecule has 0 spiro atoms. The average molecular weight is 297 g/mol. The summed E-state index contributed by atoms with van der Waals surface area (Å²) in [6.45, 7) is 8.60. The van der Waals surface area contributed by atoms with E-state index >= 15 is 0 Å². The molecule has 2 fully saturated rings. The van der Waals surface area contributed by atoms with E-state index in [2.05, 4.69) is 10.6 Å². The second-order valence-corrected chi connectivity index (χ2v) is 6.94. The van der Waals surface area contributed by atoms with E-state index in [9.17, 15) is 9.59 Å². The fraction of sp³-hybridized carbons (Fsp3) is 0.867. The highest BCUT2D eigenvalue weighted by Crippen LogP contribution is 2.16. The van der Waals surface area contributed by atoms with E-state index in [1.165, 1.54) is 0 Å². The maximum atomic E-state index is 12.1. The van der Waals surface area contributed by atoms with Crippen LogP contribution in [0.25, 0.3) is 0 Å². The molecule has 6 nitrogen and oxygen atoms in total. The van der Waals surface area contributed by atoms with Crippen LogP contribution in [0.4, 0.5) is 4.79 Å². The van der Waals surface area contributed by atoms with Crippen molar-refractivity contribution in [2.45, 2.75) is 51.7 Å². The minimum absolute atomic E-state index is 0.105. The zero-order valence-electron chi connectivity index (χ0n) is 13.3. The Balaban J connectivity index is 1.72. The smallest absolute Gasteiger partial charge is 0.410 e. The molecule has 21 heavy (non-hydrogen) atoms. The predicted molar refractivity (Wildman–Crippen MR) is 79.9 cm³/mol. The van der Waals surface area contributed by atoms with Gasteiger partial charge in [-0.3, -0.25) is 4.79 Å². The Morgan fingerprint density at radius 3 is 2.38 bits per heavy atom. The third kappa shape index (κ3) is 4.88. The van der Waals surface area contributed by atoms with Crippen molar-refractivity contribution in [3.05, 3.63) is 0 Å². The van der Waals surface area contributed by atoms with Gasteiger partial charge in [-0.1, -0.05) is 0 Å². The predicted octanol–water partition coefficient (Wildman–Crippen LogP) is 1.11. The Labute approximate surface area is 126 Å².